The van der Waals surface area contributed by atoms with E-state index in [4.69, 9.17) is 11.6 Å². The molecule has 0 aliphatic heterocycles. The molecule has 0 aliphatic rings. The van der Waals surface area contributed by atoms with E-state index in [0.717, 1.165) is 11.1 Å². The number of halogens is 1. The molecule has 3 aromatic rings. The zero-order valence-electron chi connectivity index (χ0n) is 17.5. The van der Waals surface area contributed by atoms with Crippen LogP contribution in [0.1, 0.15) is 18.1 Å². The smallest absolute Gasteiger partial charge is 0.261 e. The first-order valence-corrected chi connectivity index (χ1v) is 11.5. The number of hydrogen-bond acceptors (Lipinski definition) is 4. The molecule has 0 heterocycles. The van der Waals surface area contributed by atoms with Gasteiger partial charge in [-0.2, -0.15) is 0 Å². The largest absolute Gasteiger partial charge is 0.326 e. The van der Waals surface area contributed by atoms with E-state index in [2.05, 4.69) is 15.4 Å². The highest BCUT2D eigenvalue weighted by atomic mass is 35.5. The van der Waals surface area contributed by atoms with Crippen molar-refractivity contribution < 1.29 is 18.0 Å². The maximum absolute atomic E-state index is 12.8. The number of aryl methyl sites for hydroxylation is 1. The Morgan fingerprint density at radius 2 is 1.62 bits per heavy atom. The van der Waals surface area contributed by atoms with Crippen LogP contribution in [0.4, 0.5) is 17.1 Å². The third-order valence-corrected chi connectivity index (χ3v) is 6.12. The summed E-state index contributed by atoms with van der Waals surface area (Å²) in [6.07, 6.45) is 0.0948. The van der Waals surface area contributed by atoms with E-state index in [1.807, 2.05) is 0 Å². The van der Waals surface area contributed by atoms with Crippen LogP contribution in [-0.4, -0.2) is 20.2 Å². The SMILES string of the molecule is CC(=O)Nc1ccc(CC(=O)Nc2cc(S(=O)(=O)Nc3cccc(Cl)c3)ccc2C)cc1. The van der Waals surface area contributed by atoms with Gasteiger partial charge in [0.2, 0.25) is 11.8 Å². The van der Waals surface area contributed by atoms with Gasteiger partial charge in [-0.1, -0.05) is 35.9 Å². The first-order valence-electron chi connectivity index (χ1n) is 9.68. The molecule has 0 fully saturated rings. The predicted octanol–water partition coefficient (Wildman–Crippen LogP) is 4.59. The van der Waals surface area contributed by atoms with Gasteiger partial charge in [-0.25, -0.2) is 8.42 Å². The first-order chi connectivity index (χ1) is 15.1. The Bertz CT molecular complexity index is 1260. The van der Waals surface area contributed by atoms with E-state index in [0.29, 0.717) is 22.1 Å². The van der Waals surface area contributed by atoms with Gasteiger partial charge in [0.15, 0.2) is 0 Å². The lowest BCUT2D eigenvalue weighted by Crippen LogP contribution is -2.17. The van der Waals surface area contributed by atoms with Crippen molar-refractivity contribution in [2.75, 3.05) is 15.4 Å². The maximum Gasteiger partial charge on any atom is 0.261 e. The fraction of sp³-hybridized carbons (Fsp3) is 0.130. The number of amides is 2. The molecule has 9 heteroatoms. The second-order valence-corrected chi connectivity index (χ2v) is 9.31. The van der Waals surface area contributed by atoms with Crippen LogP contribution in [0, 0.1) is 6.92 Å². The lowest BCUT2D eigenvalue weighted by atomic mass is 10.1. The van der Waals surface area contributed by atoms with Gasteiger partial charge >= 0.3 is 0 Å². The predicted molar refractivity (Wildman–Crippen MR) is 127 cm³/mol. The Hall–Kier alpha value is -3.36. The summed E-state index contributed by atoms with van der Waals surface area (Å²) < 4.78 is 28.0. The quantitative estimate of drug-likeness (QED) is 0.468. The van der Waals surface area contributed by atoms with Gasteiger partial charge in [-0.05, 0) is 60.5 Å². The van der Waals surface area contributed by atoms with E-state index in [1.165, 1.54) is 25.1 Å². The van der Waals surface area contributed by atoms with Gasteiger partial charge in [-0.15, -0.1) is 0 Å². The van der Waals surface area contributed by atoms with E-state index in [1.54, 1.807) is 55.5 Å². The number of carbonyl (C=O) groups is 2. The number of benzene rings is 3. The molecule has 0 saturated heterocycles. The van der Waals surface area contributed by atoms with Crippen molar-refractivity contribution in [3.8, 4) is 0 Å². The molecule has 2 amide bonds. The van der Waals surface area contributed by atoms with Crippen LogP contribution in [0.3, 0.4) is 0 Å². The molecule has 3 aromatic carbocycles. The first kappa shape index (κ1) is 23.3. The van der Waals surface area contributed by atoms with E-state index in [9.17, 15) is 18.0 Å². The zero-order valence-corrected chi connectivity index (χ0v) is 19.0. The molecule has 166 valence electrons. The van der Waals surface area contributed by atoms with Crippen molar-refractivity contribution in [2.24, 2.45) is 0 Å². The van der Waals surface area contributed by atoms with Crippen LogP contribution in [-0.2, 0) is 26.0 Å². The molecule has 0 aliphatic carbocycles. The number of anilines is 3. The minimum atomic E-state index is -3.87. The van der Waals surface area contributed by atoms with E-state index in [-0.39, 0.29) is 23.1 Å². The molecule has 3 rings (SSSR count). The van der Waals surface area contributed by atoms with Gasteiger partial charge in [-0.3, -0.25) is 14.3 Å². The van der Waals surface area contributed by atoms with Crippen molar-refractivity contribution >= 4 is 50.5 Å². The number of sulfonamides is 1. The summed E-state index contributed by atoms with van der Waals surface area (Å²) in [6.45, 7) is 3.20. The van der Waals surface area contributed by atoms with Crippen molar-refractivity contribution in [1.29, 1.82) is 0 Å². The molecule has 0 bridgehead atoms. The molecule has 0 saturated carbocycles. The van der Waals surface area contributed by atoms with E-state index >= 15 is 0 Å². The maximum atomic E-state index is 12.8. The fourth-order valence-corrected chi connectivity index (χ4v) is 4.22. The normalized spacial score (nSPS) is 11.0. The summed E-state index contributed by atoms with van der Waals surface area (Å²) in [4.78, 5) is 23.6. The highest BCUT2D eigenvalue weighted by molar-refractivity contribution is 7.92. The molecular weight excluding hydrogens is 450 g/mol. The Morgan fingerprint density at radius 3 is 2.28 bits per heavy atom. The average Bonchev–Trinajstić information content (AvgIpc) is 2.70. The lowest BCUT2D eigenvalue weighted by Gasteiger charge is -2.13. The Balaban J connectivity index is 1.72. The van der Waals surface area contributed by atoms with Gasteiger partial charge in [0.1, 0.15) is 0 Å². The van der Waals surface area contributed by atoms with Crippen molar-refractivity contribution in [1.82, 2.24) is 0 Å². The molecule has 0 aromatic heterocycles. The molecule has 0 radical (unpaired) electrons. The third-order valence-electron chi connectivity index (χ3n) is 4.51. The van der Waals surface area contributed by atoms with Crippen LogP contribution < -0.4 is 15.4 Å². The molecule has 0 spiro atoms. The number of rotatable bonds is 7. The molecule has 3 N–H and O–H groups in total. The van der Waals surface area contributed by atoms with Crippen LogP contribution in [0.2, 0.25) is 5.02 Å². The summed E-state index contributed by atoms with van der Waals surface area (Å²) in [6, 6.07) is 17.8. The lowest BCUT2D eigenvalue weighted by molar-refractivity contribution is -0.116. The molecule has 0 unspecified atom stereocenters. The number of hydrogen-bond donors (Lipinski definition) is 3. The number of nitrogens with one attached hydrogen (secondary N) is 3. The Labute approximate surface area is 191 Å². The van der Waals surface area contributed by atoms with Crippen molar-refractivity contribution in [3.05, 3.63) is 82.9 Å². The summed E-state index contributed by atoms with van der Waals surface area (Å²) in [5, 5.41) is 5.84. The fourth-order valence-electron chi connectivity index (χ4n) is 2.96. The standard InChI is InChI=1S/C23H22ClN3O4S/c1-15-6-11-21(32(30,31)27-20-5-3-4-18(24)13-20)14-22(15)26-23(29)12-17-7-9-19(10-8-17)25-16(2)28/h3-11,13-14,27H,12H2,1-2H3,(H,25,28)(H,26,29). The monoisotopic (exact) mass is 471 g/mol. The minimum Gasteiger partial charge on any atom is -0.326 e. The summed E-state index contributed by atoms with van der Waals surface area (Å²) in [5.41, 5.74) is 2.86. The number of carbonyl (C=O) groups excluding carboxylic acids is 2. The molecule has 7 nitrogen and oxygen atoms in total. The Kier molecular flexibility index (Phi) is 7.17. The topological polar surface area (TPSA) is 104 Å². The highest BCUT2D eigenvalue weighted by Gasteiger charge is 2.17. The van der Waals surface area contributed by atoms with Gasteiger partial charge in [0.25, 0.3) is 10.0 Å². The van der Waals surface area contributed by atoms with E-state index < -0.39 is 10.0 Å². The second-order valence-electron chi connectivity index (χ2n) is 7.20. The average molecular weight is 472 g/mol. The molecular formula is C23H22ClN3O4S. The minimum absolute atomic E-state index is 0.0121. The zero-order chi connectivity index (χ0) is 23.3. The van der Waals surface area contributed by atoms with Crippen LogP contribution in [0.25, 0.3) is 0 Å². The second kappa shape index (κ2) is 9.84. The van der Waals surface area contributed by atoms with Crippen LogP contribution in [0.15, 0.2) is 71.6 Å². The van der Waals surface area contributed by atoms with Crippen molar-refractivity contribution in [3.63, 3.8) is 0 Å². The summed E-state index contributed by atoms with van der Waals surface area (Å²) in [5.74, 6) is -0.469. The van der Waals surface area contributed by atoms with Gasteiger partial charge in [0, 0.05) is 23.3 Å². The van der Waals surface area contributed by atoms with Gasteiger partial charge < -0.3 is 10.6 Å². The molecule has 32 heavy (non-hydrogen) atoms. The van der Waals surface area contributed by atoms with Crippen molar-refractivity contribution in [2.45, 2.75) is 25.2 Å². The van der Waals surface area contributed by atoms with Crippen LogP contribution >= 0.6 is 11.6 Å². The summed E-state index contributed by atoms with van der Waals surface area (Å²) >= 11 is 5.92. The van der Waals surface area contributed by atoms with Crippen LogP contribution in [0.5, 0.6) is 0 Å². The molecule has 0 atom stereocenters. The highest BCUT2D eigenvalue weighted by Crippen LogP contribution is 2.24. The van der Waals surface area contributed by atoms with Gasteiger partial charge in [0.05, 0.1) is 17.0 Å². The third kappa shape index (κ3) is 6.32. The summed E-state index contributed by atoms with van der Waals surface area (Å²) in [7, 11) is -3.87. The Morgan fingerprint density at radius 1 is 0.906 bits per heavy atom.